The van der Waals surface area contributed by atoms with E-state index in [0.717, 1.165) is 6.42 Å². The number of carbonyl (C=O) groups is 1. The summed E-state index contributed by atoms with van der Waals surface area (Å²) in [5.74, 6) is 1.74. The summed E-state index contributed by atoms with van der Waals surface area (Å²) in [4.78, 5) is 12.0. The van der Waals surface area contributed by atoms with Crippen LogP contribution in [0.2, 0.25) is 0 Å². The fourth-order valence-corrected chi connectivity index (χ4v) is 3.41. The minimum Gasteiger partial charge on any atom is -0.360 e. The Morgan fingerprint density at radius 1 is 1.43 bits per heavy atom. The highest BCUT2D eigenvalue weighted by Gasteiger charge is 2.33. The molecule has 1 rings (SSSR count). The second-order valence-corrected chi connectivity index (χ2v) is 6.15. The number of terminal acetylenes is 1. The Bertz CT molecular complexity index is 661. The minimum absolute atomic E-state index is 0.0296. The summed E-state index contributed by atoms with van der Waals surface area (Å²) in [7, 11) is -4.07. The lowest BCUT2D eigenvalue weighted by Gasteiger charge is -2.19. The summed E-state index contributed by atoms with van der Waals surface area (Å²) in [6, 6.07) is 0. The maximum atomic E-state index is 12.6. The molecule has 21 heavy (non-hydrogen) atoms. The number of allylic oxidation sites excluding steroid dienone is 1. The summed E-state index contributed by atoms with van der Waals surface area (Å²) in [6.07, 6.45) is 9.32. The van der Waals surface area contributed by atoms with E-state index in [-0.39, 0.29) is 29.3 Å². The van der Waals surface area contributed by atoms with Gasteiger partial charge < -0.3 is 4.52 Å². The van der Waals surface area contributed by atoms with Crippen molar-refractivity contribution in [3.05, 3.63) is 23.6 Å². The van der Waals surface area contributed by atoms with Gasteiger partial charge in [0.1, 0.15) is 5.69 Å². The van der Waals surface area contributed by atoms with Crippen LogP contribution in [0.5, 0.6) is 0 Å². The third-order valence-corrected chi connectivity index (χ3v) is 4.74. The number of hydrogen-bond donors (Lipinski definition) is 0. The number of amides is 1. The summed E-state index contributed by atoms with van der Waals surface area (Å²) in [5, 5.41) is 3.60. The predicted octanol–water partition coefficient (Wildman–Crippen LogP) is 1.80. The van der Waals surface area contributed by atoms with E-state index in [1.807, 2.05) is 6.92 Å². The summed E-state index contributed by atoms with van der Waals surface area (Å²) in [5.41, 5.74) is 0.200. The third-order valence-electron chi connectivity index (χ3n) is 2.72. The van der Waals surface area contributed by atoms with Gasteiger partial charge in [-0.3, -0.25) is 4.79 Å². The third kappa shape index (κ3) is 3.73. The first-order chi connectivity index (χ1) is 9.86. The molecule has 0 saturated heterocycles. The number of aryl methyl sites for hydroxylation is 2. The van der Waals surface area contributed by atoms with Crippen LogP contribution in [0.15, 0.2) is 21.6 Å². The van der Waals surface area contributed by atoms with Gasteiger partial charge >= 0.3 is 0 Å². The van der Waals surface area contributed by atoms with Crippen molar-refractivity contribution in [1.82, 2.24) is 9.46 Å². The lowest BCUT2D eigenvalue weighted by Crippen LogP contribution is -2.37. The molecular formula is C14H18N2O4S. The summed E-state index contributed by atoms with van der Waals surface area (Å²) < 4.78 is 30.7. The molecule has 1 aromatic heterocycles. The minimum atomic E-state index is -4.07. The second kappa shape index (κ2) is 7.09. The highest BCUT2D eigenvalue weighted by atomic mass is 32.2. The van der Waals surface area contributed by atoms with Crippen molar-refractivity contribution in [2.75, 3.05) is 6.54 Å². The molecule has 0 fully saturated rings. The zero-order chi connectivity index (χ0) is 16.0. The van der Waals surface area contributed by atoms with E-state index in [0.29, 0.717) is 4.31 Å². The van der Waals surface area contributed by atoms with Gasteiger partial charge in [-0.2, -0.15) is 0 Å². The summed E-state index contributed by atoms with van der Waals surface area (Å²) >= 11 is 0. The van der Waals surface area contributed by atoms with Gasteiger partial charge in [0.15, 0.2) is 10.7 Å². The maximum absolute atomic E-state index is 12.6. The lowest BCUT2D eigenvalue weighted by molar-refractivity contribution is -0.125. The Balaban J connectivity index is 3.19. The standard InChI is InChI=1S/C14H18N2O4S/c1-5-7-8-9-13(17)16(10-6-2)21(18,19)14-11(3)15-20-12(14)4/h2,7-8H,5,9-10H2,1,3-4H3. The van der Waals surface area contributed by atoms with Crippen LogP contribution in [-0.4, -0.2) is 30.3 Å². The van der Waals surface area contributed by atoms with Crippen molar-refractivity contribution < 1.29 is 17.7 Å². The molecule has 0 unspecified atom stereocenters. The lowest BCUT2D eigenvalue weighted by atomic mass is 10.3. The average Bonchev–Trinajstić information content (AvgIpc) is 2.75. The molecule has 0 N–H and O–H groups in total. The van der Waals surface area contributed by atoms with Crippen LogP contribution in [0.25, 0.3) is 0 Å². The Kier molecular flexibility index (Phi) is 5.73. The van der Waals surface area contributed by atoms with Crippen molar-refractivity contribution >= 4 is 15.9 Å². The van der Waals surface area contributed by atoms with Crippen molar-refractivity contribution in [3.63, 3.8) is 0 Å². The molecule has 0 aliphatic carbocycles. The number of aromatic nitrogens is 1. The van der Waals surface area contributed by atoms with Gasteiger partial charge in [0.2, 0.25) is 5.91 Å². The zero-order valence-corrected chi connectivity index (χ0v) is 13.1. The molecule has 0 aliphatic heterocycles. The van der Waals surface area contributed by atoms with Gasteiger partial charge in [0.25, 0.3) is 10.0 Å². The molecule has 6 nitrogen and oxygen atoms in total. The van der Waals surface area contributed by atoms with Gasteiger partial charge in [-0.1, -0.05) is 30.2 Å². The van der Waals surface area contributed by atoms with Gasteiger partial charge in [-0.05, 0) is 20.3 Å². The SMILES string of the molecule is C#CCN(C(=O)CC=CCC)S(=O)(=O)c1c(C)noc1C. The van der Waals surface area contributed by atoms with Crippen molar-refractivity contribution in [3.8, 4) is 12.3 Å². The van der Waals surface area contributed by atoms with Crippen molar-refractivity contribution in [2.24, 2.45) is 0 Å². The Morgan fingerprint density at radius 2 is 2.10 bits per heavy atom. The van der Waals surface area contributed by atoms with E-state index < -0.39 is 15.9 Å². The van der Waals surface area contributed by atoms with E-state index in [4.69, 9.17) is 10.9 Å². The van der Waals surface area contributed by atoms with Gasteiger partial charge in [0, 0.05) is 6.42 Å². The molecule has 114 valence electrons. The van der Waals surface area contributed by atoms with Crippen LogP contribution in [0.1, 0.15) is 31.2 Å². The van der Waals surface area contributed by atoms with Crippen molar-refractivity contribution in [2.45, 2.75) is 38.5 Å². The van der Waals surface area contributed by atoms with Gasteiger partial charge in [-0.15, -0.1) is 6.42 Å². The molecule has 0 aromatic carbocycles. The molecule has 1 amide bonds. The molecule has 1 aromatic rings. The largest absolute Gasteiger partial charge is 0.360 e. The fraction of sp³-hybridized carbons (Fsp3) is 0.429. The number of hydrogen-bond acceptors (Lipinski definition) is 5. The molecule has 7 heteroatoms. The highest BCUT2D eigenvalue weighted by molar-refractivity contribution is 7.89. The number of sulfonamides is 1. The quantitative estimate of drug-likeness (QED) is 0.591. The first kappa shape index (κ1) is 17.0. The molecule has 0 atom stereocenters. The number of nitrogens with zero attached hydrogens (tertiary/aromatic N) is 2. The van der Waals surface area contributed by atoms with Gasteiger partial charge in [-0.25, -0.2) is 12.7 Å². The highest BCUT2D eigenvalue weighted by Crippen LogP contribution is 2.23. The van der Waals surface area contributed by atoms with Crippen molar-refractivity contribution in [1.29, 1.82) is 0 Å². The van der Waals surface area contributed by atoms with E-state index in [9.17, 15) is 13.2 Å². The molecule has 0 saturated carbocycles. The zero-order valence-electron chi connectivity index (χ0n) is 12.3. The first-order valence-electron chi connectivity index (χ1n) is 6.43. The van der Waals surface area contributed by atoms with Crippen LogP contribution < -0.4 is 0 Å². The Hall–Kier alpha value is -2.07. The van der Waals surface area contributed by atoms with Crippen LogP contribution in [0.3, 0.4) is 0 Å². The molecule has 0 radical (unpaired) electrons. The van der Waals surface area contributed by atoms with E-state index in [2.05, 4.69) is 11.1 Å². The average molecular weight is 310 g/mol. The van der Waals surface area contributed by atoms with E-state index in [1.54, 1.807) is 12.2 Å². The Morgan fingerprint density at radius 3 is 2.57 bits per heavy atom. The van der Waals surface area contributed by atoms with Crippen LogP contribution >= 0.6 is 0 Å². The maximum Gasteiger partial charge on any atom is 0.272 e. The molecule has 0 bridgehead atoms. The Labute approximate surface area is 124 Å². The smallest absolute Gasteiger partial charge is 0.272 e. The molecule has 1 heterocycles. The van der Waals surface area contributed by atoms with Crippen LogP contribution in [-0.2, 0) is 14.8 Å². The molecule has 0 aliphatic rings. The van der Waals surface area contributed by atoms with E-state index in [1.165, 1.54) is 13.8 Å². The summed E-state index contributed by atoms with van der Waals surface area (Å²) in [6.45, 7) is 4.56. The second-order valence-electron chi connectivity index (χ2n) is 4.35. The fourth-order valence-electron chi connectivity index (χ4n) is 1.80. The van der Waals surface area contributed by atoms with Crippen LogP contribution in [0.4, 0.5) is 0 Å². The molecular weight excluding hydrogens is 292 g/mol. The number of carbonyl (C=O) groups excluding carboxylic acids is 1. The topological polar surface area (TPSA) is 80.5 Å². The monoisotopic (exact) mass is 310 g/mol. The predicted molar refractivity (Wildman–Crippen MR) is 77.8 cm³/mol. The first-order valence-corrected chi connectivity index (χ1v) is 7.87. The van der Waals surface area contributed by atoms with Gasteiger partial charge in [0.05, 0.1) is 6.54 Å². The molecule has 0 spiro atoms. The van der Waals surface area contributed by atoms with Crippen LogP contribution in [0, 0.1) is 26.2 Å². The van der Waals surface area contributed by atoms with E-state index >= 15 is 0 Å². The number of rotatable bonds is 6. The normalized spacial score (nSPS) is 11.5.